The third-order valence-electron chi connectivity index (χ3n) is 2.23. The third kappa shape index (κ3) is 5.79. The first-order valence-electron chi connectivity index (χ1n) is 5.94. The second kappa shape index (κ2) is 6.61. The van der Waals surface area contributed by atoms with Crippen molar-refractivity contribution in [2.75, 3.05) is 18.2 Å². The van der Waals surface area contributed by atoms with Gasteiger partial charge in [-0.3, -0.25) is 4.79 Å². The minimum Gasteiger partial charge on any atom is -0.465 e. The zero-order valence-electron chi connectivity index (χ0n) is 11.6. The lowest BCUT2D eigenvalue weighted by molar-refractivity contribution is -0.113. The largest absolute Gasteiger partial charge is 0.465 e. The number of anilines is 1. The molecular weight excluding hydrogens is 262 g/mol. The van der Waals surface area contributed by atoms with Crippen LogP contribution in [0.3, 0.4) is 0 Å². The van der Waals surface area contributed by atoms with Gasteiger partial charge in [0.1, 0.15) is 0 Å². The molecule has 0 aliphatic carbocycles. The maximum Gasteiger partial charge on any atom is 0.337 e. The van der Waals surface area contributed by atoms with Gasteiger partial charge < -0.3 is 10.1 Å². The Morgan fingerprint density at radius 1 is 1.21 bits per heavy atom. The maximum atomic E-state index is 11.7. The van der Waals surface area contributed by atoms with Crippen molar-refractivity contribution in [3.63, 3.8) is 0 Å². The molecule has 0 spiro atoms. The molecule has 0 heterocycles. The first-order chi connectivity index (χ1) is 8.81. The van der Waals surface area contributed by atoms with Crippen LogP contribution in [0.25, 0.3) is 0 Å². The molecule has 1 N–H and O–H groups in total. The second-order valence-corrected chi connectivity index (χ2v) is 6.82. The molecule has 0 fully saturated rings. The quantitative estimate of drug-likeness (QED) is 0.862. The molecule has 1 aromatic carbocycles. The van der Waals surface area contributed by atoms with Gasteiger partial charge in [0.15, 0.2) is 0 Å². The number of benzene rings is 1. The van der Waals surface area contributed by atoms with E-state index in [1.54, 1.807) is 36.0 Å². The van der Waals surface area contributed by atoms with Crippen LogP contribution >= 0.6 is 11.8 Å². The molecule has 1 aromatic rings. The summed E-state index contributed by atoms with van der Waals surface area (Å²) in [5.41, 5.74) is 1.14. The first-order valence-corrected chi connectivity index (χ1v) is 6.92. The van der Waals surface area contributed by atoms with E-state index in [1.165, 1.54) is 7.11 Å². The molecule has 19 heavy (non-hydrogen) atoms. The molecule has 1 amide bonds. The molecule has 1 rings (SSSR count). The number of rotatable bonds is 4. The van der Waals surface area contributed by atoms with E-state index in [1.807, 2.05) is 0 Å². The Balaban J connectivity index is 2.54. The second-order valence-electron chi connectivity index (χ2n) is 5.02. The fourth-order valence-electron chi connectivity index (χ4n) is 1.29. The highest BCUT2D eigenvalue weighted by atomic mass is 32.2. The SMILES string of the molecule is COC(=O)c1ccc(NC(=O)CSC(C)(C)C)cc1. The van der Waals surface area contributed by atoms with Gasteiger partial charge in [-0.25, -0.2) is 4.79 Å². The van der Waals surface area contributed by atoms with E-state index in [-0.39, 0.29) is 16.6 Å². The summed E-state index contributed by atoms with van der Waals surface area (Å²) < 4.78 is 4.67. The monoisotopic (exact) mass is 281 g/mol. The zero-order valence-corrected chi connectivity index (χ0v) is 12.5. The molecule has 0 radical (unpaired) electrons. The van der Waals surface area contributed by atoms with E-state index in [0.717, 1.165) is 0 Å². The summed E-state index contributed by atoms with van der Waals surface area (Å²) in [6, 6.07) is 6.62. The van der Waals surface area contributed by atoms with E-state index < -0.39 is 0 Å². The molecule has 5 heteroatoms. The van der Waals surface area contributed by atoms with E-state index in [9.17, 15) is 9.59 Å². The van der Waals surface area contributed by atoms with E-state index >= 15 is 0 Å². The Kier molecular flexibility index (Phi) is 5.42. The summed E-state index contributed by atoms with van der Waals surface area (Å²) in [6.45, 7) is 6.20. The molecule has 0 unspecified atom stereocenters. The van der Waals surface area contributed by atoms with Crippen molar-refractivity contribution in [1.82, 2.24) is 0 Å². The summed E-state index contributed by atoms with van der Waals surface area (Å²) in [7, 11) is 1.34. The number of ether oxygens (including phenoxy) is 1. The maximum absolute atomic E-state index is 11.7. The molecule has 4 nitrogen and oxygen atoms in total. The van der Waals surface area contributed by atoms with Gasteiger partial charge in [-0.1, -0.05) is 20.8 Å². The first kappa shape index (κ1) is 15.6. The van der Waals surface area contributed by atoms with Crippen LogP contribution in [-0.4, -0.2) is 29.5 Å². The van der Waals surface area contributed by atoms with Crippen LogP contribution in [0.2, 0.25) is 0 Å². The van der Waals surface area contributed by atoms with Crippen LogP contribution in [0.4, 0.5) is 5.69 Å². The lowest BCUT2D eigenvalue weighted by Gasteiger charge is -2.17. The van der Waals surface area contributed by atoms with Gasteiger partial charge in [-0.05, 0) is 24.3 Å². The number of amides is 1. The van der Waals surface area contributed by atoms with E-state index in [0.29, 0.717) is 17.0 Å². The van der Waals surface area contributed by atoms with Crippen LogP contribution in [0, 0.1) is 0 Å². The van der Waals surface area contributed by atoms with Gasteiger partial charge in [0.2, 0.25) is 5.91 Å². The lowest BCUT2D eigenvalue weighted by atomic mass is 10.2. The molecule has 0 bridgehead atoms. The predicted octanol–water partition coefficient (Wildman–Crippen LogP) is 2.94. The summed E-state index contributed by atoms with van der Waals surface area (Å²) in [4.78, 5) is 23.0. The normalized spacial score (nSPS) is 10.9. The van der Waals surface area contributed by atoms with Crippen LogP contribution < -0.4 is 5.32 Å². The molecule has 0 saturated carbocycles. The van der Waals surface area contributed by atoms with Gasteiger partial charge >= 0.3 is 5.97 Å². The Labute approximate surface area is 117 Å². The standard InChI is InChI=1S/C14H19NO3S/c1-14(2,3)19-9-12(16)15-11-7-5-10(6-8-11)13(17)18-4/h5-8H,9H2,1-4H3,(H,15,16). The van der Waals surface area contributed by atoms with Crippen molar-refractivity contribution in [2.45, 2.75) is 25.5 Å². The van der Waals surface area contributed by atoms with Crippen LogP contribution in [0.1, 0.15) is 31.1 Å². The Bertz CT molecular complexity index is 449. The Morgan fingerprint density at radius 2 is 1.79 bits per heavy atom. The van der Waals surface area contributed by atoms with Gasteiger partial charge in [0.25, 0.3) is 0 Å². The summed E-state index contributed by atoms with van der Waals surface area (Å²) in [5, 5.41) is 2.79. The molecular formula is C14H19NO3S. The number of carbonyl (C=O) groups excluding carboxylic acids is 2. The summed E-state index contributed by atoms with van der Waals surface area (Å²) in [6.07, 6.45) is 0. The smallest absolute Gasteiger partial charge is 0.337 e. The number of nitrogens with one attached hydrogen (secondary N) is 1. The fraction of sp³-hybridized carbons (Fsp3) is 0.429. The van der Waals surface area contributed by atoms with Crippen LogP contribution in [-0.2, 0) is 9.53 Å². The van der Waals surface area contributed by atoms with Crippen molar-refractivity contribution in [3.8, 4) is 0 Å². The highest BCUT2D eigenvalue weighted by Crippen LogP contribution is 2.23. The average Bonchev–Trinajstić information content (AvgIpc) is 2.35. The topological polar surface area (TPSA) is 55.4 Å². The van der Waals surface area contributed by atoms with Crippen molar-refractivity contribution >= 4 is 29.3 Å². The van der Waals surface area contributed by atoms with Crippen molar-refractivity contribution in [2.24, 2.45) is 0 Å². The zero-order chi connectivity index (χ0) is 14.5. The summed E-state index contributed by atoms with van der Waals surface area (Å²) in [5.74, 6) is -0.0330. The molecule has 0 atom stereocenters. The Hall–Kier alpha value is -1.49. The number of methoxy groups -OCH3 is 1. The molecule has 0 aliphatic heterocycles. The number of hydrogen-bond donors (Lipinski definition) is 1. The summed E-state index contributed by atoms with van der Waals surface area (Å²) >= 11 is 1.59. The Morgan fingerprint density at radius 3 is 2.26 bits per heavy atom. The third-order valence-corrected chi connectivity index (χ3v) is 3.50. The molecule has 0 aromatic heterocycles. The van der Waals surface area contributed by atoms with E-state index in [4.69, 9.17) is 0 Å². The van der Waals surface area contributed by atoms with E-state index in [2.05, 4.69) is 30.8 Å². The van der Waals surface area contributed by atoms with Gasteiger partial charge in [0, 0.05) is 10.4 Å². The lowest BCUT2D eigenvalue weighted by Crippen LogP contribution is -2.18. The van der Waals surface area contributed by atoms with Crippen LogP contribution in [0.5, 0.6) is 0 Å². The molecule has 104 valence electrons. The minimum absolute atomic E-state index is 0.0502. The number of hydrogen-bond acceptors (Lipinski definition) is 4. The highest BCUT2D eigenvalue weighted by molar-refractivity contribution is 8.01. The van der Waals surface area contributed by atoms with Crippen LogP contribution in [0.15, 0.2) is 24.3 Å². The van der Waals surface area contributed by atoms with Gasteiger partial charge in [-0.2, -0.15) is 0 Å². The van der Waals surface area contributed by atoms with Gasteiger partial charge in [-0.15, -0.1) is 11.8 Å². The van der Waals surface area contributed by atoms with Crippen molar-refractivity contribution in [3.05, 3.63) is 29.8 Å². The van der Waals surface area contributed by atoms with Gasteiger partial charge in [0.05, 0.1) is 18.4 Å². The molecule has 0 aliphatic rings. The number of carbonyl (C=O) groups is 2. The highest BCUT2D eigenvalue weighted by Gasteiger charge is 2.13. The average molecular weight is 281 g/mol. The fourth-order valence-corrected chi connectivity index (χ4v) is 1.92. The number of esters is 1. The van der Waals surface area contributed by atoms with Crippen molar-refractivity contribution < 1.29 is 14.3 Å². The molecule has 0 saturated heterocycles. The predicted molar refractivity (Wildman–Crippen MR) is 78.6 cm³/mol. The van der Waals surface area contributed by atoms with Crippen molar-refractivity contribution in [1.29, 1.82) is 0 Å². The minimum atomic E-state index is -0.388. The number of thioether (sulfide) groups is 1.